The first-order valence-corrected chi connectivity index (χ1v) is 9.10. The van der Waals surface area contributed by atoms with E-state index in [1.54, 1.807) is 22.8 Å². The van der Waals surface area contributed by atoms with Gasteiger partial charge >= 0.3 is 0 Å². The number of carbonyl (C=O) groups is 1. The predicted octanol–water partition coefficient (Wildman–Crippen LogP) is 3.32. The van der Waals surface area contributed by atoms with Crippen molar-refractivity contribution >= 4 is 23.2 Å². The highest BCUT2D eigenvalue weighted by Gasteiger charge is 2.13. The number of fused-ring (bicyclic) bond motifs is 2. The number of benzene rings is 2. The van der Waals surface area contributed by atoms with Gasteiger partial charge in [0.2, 0.25) is 12.7 Å². The van der Waals surface area contributed by atoms with Crippen LogP contribution in [-0.2, 0) is 6.54 Å². The van der Waals surface area contributed by atoms with Crippen LogP contribution in [0.15, 0.2) is 66.9 Å². The van der Waals surface area contributed by atoms with Crippen LogP contribution < -0.4 is 20.1 Å². The van der Waals surface area contributed by atoms with E-state index < -0.39 is 0 Å². The summed E-state index contributed by atoms with van der Waals surface area (Å²) in [4.78, 5) is 16.7. The van der Waals surface area contributed by atoms with E-state index in [9.17, 15) is 4.79 Å². The smallest absolute Gasteiger partial charge is 0.258 e. The van der Waals surface area contributed by atoms with Crippen molar-refractivity contribution in [2.24, 2.45) is 0 Å². The lowest BCUT2D eigenvalue weighted by Gasteiger charge is -2.07. The van der Waals surface area contributed by atoms with Crippen LogP contribution in [0.1, 0.15) is 15.9 Å². The summed E-state index contributed by atoms with van der Waals surface area (Å²) in [6, 6.07) is 18.6. The topological polar surface area (TPSA) is 89.8 Å². The molecule has 0 fully saturated rings. The lowest BCUT2D eigenvalue weighted by Crippen LogP contribution is -2.12. The summed E-state index contributed by atoms with van der Waals surface area (Å²) in [5, 5.41) is 10.4. The number of carbonyl (C=O) groups excluding carboxylic acids is 1. The molecular formula is C21H17N5O3. The molecule has 0 saturated carbocycles. The maximum absolute atomic E-state index is 12.3. The zero-order chi connectivity index (χ0) is 19.6. The second-order valence-electron chi connectivity index (χ2n) is 6.51. The standard InChI is InChI=1S/C21H17N5O3/c27-20(15-4-2-1-3-5-15)24-21-23-19-11-16(8-9-26(19)25-21)22-12-14-6-7-17-18(10-14)29-13-28-17/h1-11,22H,12-13H2,(H,24,25,27). The van der Waals surface area contributed by atoms with Gasteiger partial charge in [-0.25, -0.2) is 4.52 Å². The Balaban J connectivity index is 1.28. The zero-order valence-corrected chi connectivity index (χ0v) is 15.3. The molecule has 0 saturated heterocycles. The van der Waals surface area contributed by atoms with E-state index >= 15 is 0 Å². The van der Waals surface area contributed by atoms with Gasteiger partial charge in [-0.3, -0.25) is 10.1 Å². The van der Waals surface area contributed by atoms with Crippen molar-refractivity contribution < 1.29 is 14.3 Å². The third-order valence-corrected chi connectivity index (χ3v) is 4.53. The van der Waals surface area contributed by atoms with Crippen molar-refractivity contribution in [3.63, 3.8) is 0 Å². The second kappa shape index (κ2) is 7.16. The molecule has 0 spiro atoms. The lowest BCUT2D eigenvalue weighted by molar-refractivity contribution is 0.102. The van der Waals surface area contributed by atoms with Crippen molar-refractivity contribution in [2.45, 2.75) is 6.54 Å². The average Bonchev–Trinajstić information content (AvgIpc) is 3.38. The first kappa shape index (κ1) is 17.1. The van der Waals surface area contributed by atoms with Gasteiger partial charge in [-0.2, -0.15) is 4.98 Å². The summed E-state index contributed by atoms with van der Waals surface area (Å²) in [7, 11) is 0. The first-order chi connectivity index (χ1) is 14.2. The normalized spacial score (nSPS) is 12.1. The van der Waals surface area contributed by atoms with Gasteiger partial charge in [-0.15, -0.1) is 5.10 Å². The number of aromatic nitrogens is 3. The van der Waals surface area contributed by atoms with E-state index in [-0.39, 0.29) is 18.6 Å². The number of anilines is 2. The Bertz CT molecular complexity index is 1190. The van der Waals surface area contributed by atoms with Crippen LogP contribution in [0.25, 0.3) is 5.65 Å². The van der Waals surface area contributed by atoms with Gasteiger partial charge < -0.3 is 14.8 Å². The maximum Gasteiger partial charge on any atom is 0.258 e. The summed E-state index contributed by atoms with van der Waals surface area (Å²) in [5.74, 6) is 1.54. The molecule has 5 rings (SSSR count). The Morgan fingerprint density at radius 3 is 2.79 bits per heavy atom. The van der Waals surface area contributed by atoms with Gasteiger partial charge in [0.15, 0.2) is 17.1 Å². The molecule has 0 bridgehead atoms. The van der Waals surface area contributed by atoms with E-state index in [0.717, 1.165) is 22.7 Å². The Kier molecular flexibility index (Phi) is 4.21. The fourth-order valence-corrected chi connectivity index (χ4v) is 3.06. The molecule has 0 unspecified atom stereocenters. The van der Waals surface area contributed by atoms with Crippen molar-refractivity contribution in [1.82, 2.24) is 14.6 Å². The van der Waals surface area contributed by atoms with Crippen LogP contribution >= 0.6 is 0 Å². The third kappa shape index (κ3) is 3.55. The van der Waals surface area contributed by atoms with Crippen molar-refractivity contribution in [2.75, 3.05) is 17.4 Å². The van der Waals surface area contributed by atoms with Gasteiger partial charge in [-0.05, 0) is 35.9 Å². The van der Waals surface area contributed by atoms with Crippen LogP contribution in [0, 0.1) is 0 Å². The molecule has 0 atom stereocenters. The molecule has 8 nitrogen and oxygen atoms in total. The van der Waals surface area contributed by atoms with Crippen LogP contribution in [0.2, 0.25) is 0 Å². The molecule has 2 aromatic carbocycles. The van der Waals surface area contributed by atoms with Crippen molar-refractivity contribution in [3.8, 4) is 11.5 Å². The summed E-state index contributed by atoms with van der Waals surface area (Å²) in [6.07, 6.45) is 1.79. The number of hydrogen-bond donors (Lipinski definition) is 2. The molecule has 1 aliphatic rings. The number of amides is 1. The molecule has 0 radical (unpaired) electrons. The minimum Gasteiger partial charge on any atom is -0.454 e. The Morgan fingerprint density at radius 2 is 1.90 bits per heavy atom. The number of rotatable bonds is 5. The van der Waals surface area contributed by atoms with Crippen LogP contribution in [0.3, 0.4) is 0 Å². The molecular weight excluding hydrogens is 370 g/mol. The monoisotopic (exact) mass is 387 g/mol. The van der Waals surface area contributed by atoms with Crippen molar-refractivity contribution in [3.05, 3.63) is 78.0 Å². The highest BCUT2D eigenvalue weighted by Crippen LogP contribution is 2.32. The van der Waals surface area contributed by atoms with Gasteiger partial charge in [0, 0.05) is 30.1 Å². The molecule has 2 N–H and O–H groups in total. The van der Waals surface area contributed by atoms with E-state index in [1.165, 1.54) is 0 Å². The molecule has 1 aliphatic heterocycles. The van der Waals surface area contributed by atoms with Gasteiger partial charge in [0.1, 0.15) is 0 Å². The number of nitrogens with zero attached hydrogens (tertiary/aromatic N) is 3. The van der Waals surface area contributed by atoms with Gasteiger partial charge in [0.05, 0.1) is 0 Å². The largest absolute Gasteiger partial charge is 0.454 e. The summed E-state index contributed by atoms with van der Waals surface area (Å²) in [6.45, 7) is 0.886. The van der Waals surface area contributed by atoms with E-state index in [4.69, 9.17) is 9.47 Å². The minimum atomic E-state index is -0.248. The second-order valence-corrected chi connectivity index (χ2v) is 6.51. The van der Waals surface area contributed by atoms with E-state index in [2.05, 4.69) is 20.7 Å². The Labute approximate surface area is 166 Å². The molecule has 0 aliphatic carbocycles. The lowest BCUT2D eigenvalue weighted by atomic mass is 10.2. The van der Waals surface area contributed by atoms with E-state index in [1.807, 2.05) is 48.5 Å². The number of pyridine rings is 1. The number of nitrogens with one attached hydrogen (secondary N) is 2. The maximum atomic E-state index is 12.3. The van der Waals surface area contributed by atoms with Crippen LogP contribution in [0.4, 0.5) is 11.6 Å². The molecule has 1 amide bonds. The average molecular weight is 387 g/mol. The van der Waals surface area contributed by atoms with Gasteiger partial charge in [0.25, 0.3) is 5.91 Å². The van der Waals surface area contributed by atoms with Gasteiger partial charge in [-0.1, -0.05) is 24.3 Å². The van der Waals surface area contributed by atoms with Crippen LogP contribution in [-0.4, -0.2) is 27.3 Å². The summed E-state index contributed by atoms with van der Waals surface area (Å²) < 4.78 is 12.4. The quantitative estimate of drug-likeness (QED) is 0.546. The SMILES string of the molecule is O=C(Nc1nc2cc(NCc3ccc4c(c3)OCO4)ccn2n1)c1ccccc1. The molecule has 3 heterocycles. The highest BCUT2D eigenvalue weighted by molar-refractivity contribution is 6.03. The Morgan fingerprint density at radius 1 is 1.03 bits per heavy atom. The van der Waals surface area contributed by atoms with E-state index in [0.29, 0.717) is 17.8 Å². The molecule has 144 valence electrons. The fraction of sp³-hybridized carbons (Fsp3) is 0.0952. The van der Waals surface area contributed by atoms with Crippen molar-refractivity contribution in [1.29, 1.82) is 0 Å². The number of ether oxygens (including phenoxy) is 2. The zero-order valence-electron chi connectivity index (χ0n) is 15.3. The highest BCUT2D eigenvalue weighted by atomic mass is 16.7. The summed E-state index contributed by atoms with van der Waals surface area (Å²) in [5.41, 5.74) is 3.15. The first-order valence-electron chi connectivity index (χ1n) is 9.10. The fourth-order valence-electron chi connectivity index (χ4n) is 3.06. The summed E-state index contributed by atoms with van der Waals surface area (Å²) >= 11 is 0. The van der Waals surface area contributed by atoms with Crippen LogP contribution in [0.5, 0.6) is 11.5 Å². The molecule has 4 aromatic rings. The third-order valence-electron chi connectivity index (χ3n) is 4.53. The minimum absolute atomic E-state index is 0.248. The Hall–Kier alpha value is -4.07. The molecule has 8 heteroatoms. The molecule has 2 aromatic heterocycles. The molecule has 29 heavy (non-hydrogen) atoms. The predicted molar refractivity (Wildman–Crippen MR) is 107 cm³/mol. The number of hydrogen-bond acceptors (Lipinski definition) is 6.